The van der Waals surface area contributed by atoms with Crippen LogP contribution >= 0.6 is 11.3 Å². The van der Waals surface area contributed by atoms with E-state index in [9.17, 15) is 9.59 Å². The molecule has 0 saturated carbocycles. The molecule has 0 aliphatic rings. The number of hydrogen-bond acceptors (Lipinski definition) is 5. The maximum Gasteiger partial charge on any atom is 0.348 e. The van der Waals surface area contributed by atoms with Gasteiger partial charge in [-0.3, -0.25) is 4.79 Å². The summed E-state index contributed by atoms with van der Waals surface area (Å²) in [6.45, 7) is 0.188. The minimum Gasteiger partial charge on any atom is -0.489 e. The Bertz CT molecular complexity index is 824. The molecule has 126 valence electrons. The topological polar surface area (TPSA) is 52.6 Å². The Morgan fingerprint density at radius 1 is 0.880 bits per heavy atom. The largest absolute Gasteiger partial charge is 0.489 e. The predicted molar refractivity (Wildman–Crippen MR) is 96.1 cm³/mol. The fraction of sp³-hybridized carbons (Fsp3) is 0.100. The number of thiophene rings is 1. The highest BCUT2D eigenvalue weighted by Gasteiger charge is 2.12. The molecule has 0 radical (unpaired) electrons. The summed E-state index contributed by atoms with van der Waals surface area (Å²) in [7, 11) is 0. The number of ether oxygens (including phenoxy) is 2. The average Bonchev–Trinajstić information content (AvgIpc) is 3.20. The molecule has 0 spiro atoms. The van der Waals surface area contributed by atoms with Crippen LogP contribution in [0.4, 0.5) is 0 Å². The standard InChI is InChI=1S/C20H16O4S/c21-18(14-24-20(22)19-7-4-12-25-19)16-8-10-17(11-9-16)23-13-15-5-2-1-3-6-15/h1-12H,13-14H2. The highest BCUT2D eigenvalue weighted by molar-refractivity contribution is 7.11. The van der Waals surface area contributed by atoms with Gasteiger partial charge >= 0.3 is 5.97 Å². The van der Waals surface area contributed by atoms with E-state index in [1.54, 1.807) is 41.8 Å². The van der Waals surface area contributed by atoms with Crippen molar-refractivity contribution in [2.75, 3.05) is 6.61 Å². The number of hydrogen-bond donors (Lipinski definition) is 0. The van der Waals surface area contributed by atoms with E-state index in [0.29, 0.717) is 22.8 Å². The van der Waals surface area contributed by atoms with Crippen molar-refractivity contribution in [2.24, 2.45) is 0 Å². The molecule has 0 aliphatic carbocycles. The summed E-state index contributed by atoms with van der Waals surface area (Å²) >= 11 is 1.28. The van der Waals surface area contributed by atoms with Crippen molar-refractivity contribution in [3.05, 3.63) is 88.1 Å². The van der Waals surface area contributed by atoms with Crippen LogP contribution in [0.5, 0.6) is 5.75 Å². The summed E-state index contributed by atoms with van der Waals surface area (Å²) in [6.07, 6.45) is 0. The third kappa shape index (κ3) is 4.78. The molecule has 3 aromatic rings. The molecule has 2 aromatic carbocycles. The molecule has 0 bridgehead atoms. The first kappa shape index (κ1) is 16.9. The van der Waals surface area contributed by atoms with Crippen LogP contribution in [0.1, 0.15) is 25.6 Å². The van der Waals surface area contributed by atoms with Crippen LogP contribution in [-0.4, -0.2) is 18.4 Å². The molecule has 0 amide bonds. The molecule has 1 aromatic heterocycles. The lowest BCUT2D eigenvalue weighted by molar-refractivity contribution is 0.0479. The Hall–Kier alpha value is -2.92. The fourth-order valence-electron chi connectivity index (χ4n) is 2.16. The van der Waals surface area contributed by atoms with Gasteiger partial charge < -0.3 is 9.47 Å². The third-order valence-corrected chi connectivity index (χ3v) is 4.33. The van der Waals surface area contributed by atoms with Crippen LogP contribution in [-0.2, 0) is 11.3 Å². The van der Waals surface area contributed by atoms with Gasteiger partial charge in [-0.25, -0.2) is 4.79 Å². The smallest absolute Gasteiger partial charge is 0.348 e. The van der Waals surface area contributed by atoms with Gasteiger partial charge in [-0.05, 0) is 41.3 Å². The van der Waals surface area contributed by atoms with Gasteiger partial charge in [-0.1, -0.05) is 36.4 Å². The van der Waals surface area contributed by atoms with Gasteiger partial charge in [0.05, 0.1) is 0 Å². The van der Waals surface area contributed by atoms with Crippen molar-refractivity contribution in [2.45, 2.75) is 6.61 Å². The summed E-state index contributed by atoms with van der Waals surface area (Å²) in [5.74, 6) is -0.0540. The minimum absolute atomic E-state index is 0.250. The van der Waals surface area contributed by atoms with Gasteiger partial charge in [0.25, 0.3) is 0 Å². The summed E-state index contributed by atoms with van der Waals surface area (Å²) in [5, 5.41) is 1.78. The second-order valence-electron chi connectivity index (χ2n) is 5.28. The Labute approximate surface area is 149 Å². The highest BCUT2D eigenvalue weighted by Crippen LogP contribution is 2.15. The number of Topliss-reactive ketones (excluding diaryl/α,β-unsaturated/α-hetero) is 1. The molecule has 4 nitrogen and oxygen atoms in total. The van der Waals surface area contributed by atoms with E-state index in [0.717, 1.165) is 5.56 Å². The van der Waals surface area contributed by atoms with Gasteiger partial charge in [-0.2, -0.15) is 0 Å². The predicted octanol–water partition coefficient (Wildman–Crippen LogP) is 4.37. The summed E-state index contributed by atoms with van der Waals surface area (Å²) in [4.78, 5) is 24.3. The van der Waals surface area contributed by atoms with Gasteiger partial charge in [-0.15, -0.1) is 11.3 Å². The first-order chi connectivity index (χ1) is 12.2. The number of carbonyl (C=O) groups excluding carboxylic acids is 2. The zero-order chi connectivity index (χ0) is 17.5. The lowest BCUT2D eigenvalue weighted by atomic mass is 10.1. The van der Waals surface area contributed by atoms with Crippen LogP contribution in [0, 0.1) is 0 Å². The van der Waals surface area contributed by atoms with Gasteiger partial charge in [0.2, 0.25) is 0 Å². The molecule has 3 rings (SSSR count). The number of carbonyl (C=O) groups is 2. The molecule has 0 N–H and O–H groups in total. The van der Waals surface area contributed by atoms with Crippen LogP contribution < -0.4 is 4.74 Å². The Balaban J connectivity index is 1.51. The Morgan fingerprint density at radius 2 is 1.64 bits per heavy atom. The molecule has 0 saturated heterocycles. The van der Waals surface area contributed by atoms with Crippen LogP contribution in [0.2, 0.25) is 0 Å². The molecule has 0 fully saturated rings. The van der Waals surface area contributed by atoms with Crippen molar-refractivity contribution in [3.8, 4) is 5.75 Å². The maximum atomic E-state index is 12.1. The van der Waals surface area contributed by atoms with Gasteiger partial charge in [0.1, 0.15) is 17.2 Å². The second-order valence-corrected chi connectivity index (χ2v) is 6.22. The van der Waals surface area contributed by atoms with Gasteiger partial charge in [0, 0.05) is 5.56 Å². The summed E-state index contributed by atoms with van der Waals surface area (Å²) in [5.41, 5.74) is 1.55. The maximum absolute atomic E-state index is 12.1. The molecular formula is C20H16O4S. The minimum atomic E-state index is -0.480. The number of esters is 1. The zero-order valence-electron chi connectivity index (χ0n) is 13.4. The van der Waals surface area contributed by atoms with E-state index in [1.165, 1.54) is 11.3 Å². The Morgan fingerprint density at radius 3 is 2.32 bits per heavy atom. The van der Waals surface area contributed by atoms with Crippen molar-refractivity contribution < 1.29 is 19.1 Å². The number of ketones is 1. The van der Waals surface area contributed by atoms with E-state index < -0.39 is 5.97 Å². The van der Waals surface area contributed by atoms with Crippen molar-refractivity contribution >= 4 is 23.1 Å². The fourth-order valence-corrected chi connectivity index (χ4v) is 2.77. The average molecular weight is 352 g/mol. The number of benzene rings is 2. The zero-order valence-corrected chi connectivity index (χ0v) is 14.2. The summed E-state index contributed by atoms with van der Waals surface area (Å²) < 4.78 is 10.7. The molecular weight excluding hydrogens is 336 g/mol. The lowest BCUT2D eigenvalue weighted by Crippen LogP contribution is -2.13. The molecule has 0 aliphatic heterocycles. The van der Waals surface area contributed by atoms with E-state index >= 15 is 0 Å². The van der Waals surface area contributed by atoms with Crippen molar-refractivity contribution in [1.29, 1.82) is 0 Å². The van der Waals surface area contributed by atoms with Crippen LogP contribution in [0.25, 0.3) is 0 Å². The first-order valence-electron chi connectivity index (χ1n) is 7.73. The molecule has 0 atom stereocenters. The van der Waals surface area contributed by atoms with Gasteiger partial charge in [0.15, 0.2) is 12.4 Å². The number of rotatable bonds is 7. The van der Waals surface area contributed by atoms with Crippen molar-refractivity contribution in [1.82, 2.24) is 0 Å². The Kier molecular flexibility index (Phi) is 5.59. The molecule has 5 heteroatoms. The monoisotopic (exact) mass is 352 g/mol. The highest BCUT2D eigenvalue weighted by atomic mass is 32.1. The molecule has 0 unspecified atom stereocenters. The van der Waals surface area contributed by atoms with Crippen LogP contribution in [0.15, 0.2) is 72.1 Å². The third-order valence-electron chi connectivity index (χ3n) is 3.48. The van der Waals surface area contributed by atoms with E-state index in [-0.39, 0.29) is 12.4 Å². The quantitative estimate of drug-likeness (QED) is 0.468. The molecule has 25 heavy (non-hydrogen) atoms. The van der Waals surface area contributed by atoms with E-state index in [4.69, 9.17) is 9.47 Å². The summed E-state index contributed by atoms with van der Waals surface area (Å²) in [6, 6.07) is 20.1. The van der Waals surface area contributed by atoms with E-state index in [2.05, 4.69) is 0 Å². The normalized spacial score (nSPS) is 10.2. The van der Waals surface area contributed by atoms with E-state index in [1.807, 2.05) is 30.3 Å². The van der Waals surface area contributed by atoms with Crippen LogP contribution in [0.3, 0.4) is 0 Å². The second kappa shape index (κ2) is 8.26. The first-order valence-corrected chi connectivity index (χ1v) is 8.61. The van der Waals surface area contributed by atoms with Crippen molar-refractivity contribution in [3.63, 3.8) is 0 Å². The lowest BCUT2D eigenvalue weighted by Gasteiger charge is -2.07. The molecule has 1 heterocycles. The SMILES string of the molecule is O=C(COC(=O)c1cccs1)c1ccc(OCc2ccccc2)cc1.